The molecule has 6 nitrogen and oxygen atoms in total. The van der Waals surface area contributed by atoms with Crippen LogP contribution in [0.4, 0.5) is 10.8 Å². The summed E-state index contributed by atoms with van der Waals surface area (Å²) in [6.07, 6.45) is 1.03. The molecule has 2 rings (SSSR count). The number of para-hydroxylation sites is 1. The summed E-state index contributed by atoms with van der Waals surface area (Å²) in [5.74, 6) is -0.384. The first-order chi connectivity index (χ1) is 12.0. The van der Waals surface area contributed by atoms with E-state index < -0.39 is 5.97 Å². The van der Waals surface area contributed by atoms with Crippen molar-refractivity contribution in [2.45, 2.75) is 27.2 Å². The largest absolute Gasteiger partial charge is 0.451 e. The Bertz CT molecular complexity index is 728. The summed E-state index contributed by atoms with van der Waals surface area (Å²) in [6, 6.07) is 7.41. The molecule has 1 aromatic heterocycles. The van der Waals surface area contributed by atoms with E-state index in [1.807, 2.05) is 25.1 Å². The summed E-state index contributed by atoms with van der Waals surface area (Å²) < 4.78 is 5.02. The number of hydrogen-bond acceptors (Lipinski definition) is 6. The molecule has 2 aromatic rings. The van der Waals surface area contributed by atoms with E-state index in [1.54, 1.807) is 11.4 Å². The van der Waals surface area contributed by atoms with Crippen molar-refractivity contribution in [3.05, 3.63) is 40.9 Å². The molecule has 0 spiro atoms. The number of nitrogens with zero attached hydrogens (tertiary/aromatic N) is 1. The lowest BCUT2D eigenvalue weighted by Crippen LogP contribution is -2.21. The molecule has 1 aromatic carbocycles. The van der Waals surface area contributed by atoms with Gasteiger partial charge in [-0.2, -0.15) is 0 Å². The Labute approximate surface area is 151 Å². The van der Waals surface area contributed by atoms with E-state index in [0.717, 1.165) is 18.5 Å². The maximum atomic E-state index is 12.0. The zero-order chi connectivity index (χ0) is 18.2. The summed E-state index contributed by atoms with van der Waals surface area (Å²) in [4.78, 5) is 28.1. The highest BCUT2D eigenvalue weighted by molar-refractivity contribution is 7.13. The normalized spacial score (nSPS) is 10.6. The fraction of sp³-hybridized carbons (Fsp3) is 0.389. The lowest BCUT2D eigenvalue weighted by molar-refractivity contribution is -0.119. The number of anilines is 2. The third kappa shape index (κ3) is 6.19. The topological polar surface area (TPSA) is 80.3 Å². The monoisotopic (exact) mass is 361 g/mol. The molecule has 7 heteroatoms. The highest BCUT2D eigenvalue weighted by Gasteiger charge is 2.14. The van der Waals surface area contributed by atoms with Crippen LogP contribution >= 0.6 is 11.3 Å². The second kappa shape index (κ2) is 9.17. The van der Waals surface area contributed by atoms with E-state index in [0.29, 0.717) is 16.7 Å². The Kier molecular flexibility index (Phi) is 6.94. The third-order valence-electron chi connectivity index (χ3n) is 3.46. The van der Waals surface area contributed by atoms with Crippen molar-refractivity contribution in [1.29, 1.82) is 0 Å². The van der Waals surface area contributed by atoms with Crippen molar-refractivity contribution >= 4 is 34.0 Å². The van der Waals surface area contributed by atoms with E-state index in [4.69, 9.17) is 4.74 Å². The number of carbonyl (C=O) groups is 2. The van der Waals surface area contributed by atoms with Crippen molar-refractivity contribution in [1.82, 2.24) is 4.98 Å². The van der Waals surface area contributed by atoms with Gasteiger partial charge in [0.15, 0.2) is 17.4 Å². The van der Waals surface area contributed by atoms with Crippen LogP contribution in [-0.2, 0) is 9.53 Å². The van der Waals surface area contributed by atoms with Crippen LogP contribution in [0.2, 0.25) is 0 Å². The van der Waals surface area contributed by atoms with Crippen LogP contribution in [0.25, 0.3) is 0 Å². The molecule has 1 amide bonds. The van der Waals surface area contributed by atoms with E-state index in [1.165, 1.54) is 11.3 Å². The van der Waals surface area contributed by atoms with Gasteiger partial charge >= 0.3 is 5.97 Å². The van der Waals surface area contributed by atoms with Gasteiger partial charge in [-0.15, -0.1) is 11.3 Å². The molecule has 0 fully saturated rings. The summed E-state index contributed by atoms with van der Waals surface area (Å²) in [6.45, 7) is 6.65. The minimum atomic E-state index is -0.604. The van der Waals surface area contributed by atoms with E-state index in [-0.39, 0.29) is 18.2 Å². The number of nitrogens with one attached hydrogen (secondary N) is 2. The van der Waals surface area contributed by atoms with Crippen molar-refractivity contribution in [3.8, 4) is 0 Å². The molecule has 2 N–H and O–H groups in total. The molecule has 0 bridgehead atoms. The lowest BCUT2D eigenvalue weighted by Gasteiger charge is -2.08. The molecular formula is C18H23N3O3S. The van der Waals surface area contributed by atoms with Crippen LogP contribution in [0.3, 0.4) is 0 Å². The average molecular weight is 361 g/mol. The SMILES string of the molecule is Cc1ccccc1NC(=O)COC(=O)c1csc(NCCC(C)C)n1. The zero-order valence-corrected chi connectivity index (χ0v) is 15.5. The molecule has 0 aliphatic rings. The van der Waals surface area contributed by atoms with Crippen LogP contribution in [-0.4, -0.2) is 30.0 Å². The fourth-order valence-corrected chi connectivity index (χ4v) is 2.73. The quantitative estimate of drug-likeness (QED) is 0.701. The minimum Gasteiger partial charge on any atom is -0.451 e. The first-order valence-electron chi connectivity index (χ1n) is 8.17. The minimum absolute atomic E-state index is 0.209. The van der Waals surface area contributed by atoms with Crippen LogP contribution in [0.5, 0.6) is 0 Å². The summed E-state index contributed by atoms with van der Waals surface area (Å²) in [5.41, 5.74) is 1.85. The van der Waals surface area contributed by atoms with Gasteiger partial charge in [-0.25, -0.2) is 9.78 Å². The van der Waals surface area contributed by atoms with Crippen LogP contribution in [0, 0.1) is 12.8 Å². The average Bonchev–Trinajstić information content (AvgIpc) is 3.03. The number of esters is 1. The summed E-state index contributed by atoms with van der Waals surface area (Å²) in [5, 5.41) is 8.19. The number of thiazole rings is 1. The molecule has 0 atom stereocenters. The van der Waals surface area contributed by atoms with E-state index in [2.05, 4.69) is 29.5 Å². The fourth-order valence-electron chi connectivity index (χ4n) is 2.02. The van der Waals surface area contributed by atoms with Crippen molar-refractivity contribution < 1.29 is 14.3 Å². The molecule has 0 saturated carbocycles. The first-order valence-corrected chi connectivity index (χ1v) is 9.05. The number of amides is 1. The van der Waals surface area contributed by atoms with Crippen molar-refractivity contribution in [2.24, 2.45) is 5.92 Å². The first kappa shape index (κ1) is 18.9. The van der Waals surface area contributed by atoms with Crippen molar-refractivity contribution in [2.75, 3.05) is 23.8 Å². The van der Waals surface area contributed by atoms with Gasteiger partial charge in [-0.1, -0.05) is 32.0 Å². The van der Waals surface area contributed by atoms with Gasteiger partial charge in [0.2, 0.25) is 0 Å². The number of aromatic nitrogens is 1. The number of rotatable bonds is 8. The van der Waals surface area contributed by atoms with Crippen LogP contribution in [0.1, 0.15) is 36.3 Å². The molecule has 0 aliphatic carbocycles. The molecular weight excluding hydrogens is 338 g/mol. The van der Waals surface area contributed by atoms with Gasteiger partial charge < -0.3 is 15.4 Å². The van der Waals surface area contributed by atoms with E-state index in [9.17, 15) is 9.59 Å². The van der Waals surface area contributed by atoms with Gasteiger partial charge in [-0.05, 0) is 30.9 Å². The molecule has 0 unspecified atom stereocenters. The van der Waals surface area contributed by atoms with Gasteiger partial charge in [0.05, 0.1) is 0 Å². The predicted octanol–water partition coefficient (Wildman–Crippen LogP) is 3.71. The molecule has 0 aliphatic heterocycles. The predicted molar refractivity (Wildman–Crippen MR) is 100 cm³/mol. The third-order valence-corrected chi connectivity index (χ3v) is 4.26. The molecule has 25 heavy (non-hydrogen) atoms. The highest BCUT2D eigenvalue weighted by Crippen LogP contribution is 2.17. The highest BCUT2D eigenvalue weighted by atomic mass is 32.1. The Hall–Kier alpha value is -2.41. The second-order valence-corrected chi connectivity index (χ2v) is 6.94. The van der Waals surface area contributed by atoms with Crippen LogP contribution < -0.4 is 10.6 Å². The van der Waals surface area contributed by atoms with Gasteiger partial charge in [0.25, 0.3) is 5.91 Å². The number of ether oxygens (including phenoxy) is 1. The maximum absolute atomic E-state index is 12.0. The summed E-state index contributed by atoms with van der Waals surface area (Å²) in [7, 11) is 0. The maximum Gasteiger partial charge on any atom is 0.358 e. The van der Waals surface area contributed by atoms with E-state index >= 15 is 0 Å². The van der Waals surface area contributed by atoms with Gasteiger partial charge in [-0.3, -0.25) is 4.79 Å². The Morgan fingerprint density at radius 3 is 2.76 bits per heavy atom. The Balaban J connectivity index is 1.79. The number of benzene rings is 1. The summed E-state index contributed by atoms with van der Waals surface area (Å²) >= 11 is 1.34. The zero-order valence-electron chi connectivity index (χ0n) is 14.7. The standard InChI is InChI=1S/C18H23N3O3S/c1-12(2)8-9-19-18-21-15(11-25-18)17(23)24-10-16(22)20-14-7-5-4-6-13(14)3/h4-7,11-12H,8-10H2,1-3H3,(H,19,21)(H,20,22). The Morgan fingerprint density at radius 1 is 1.28 bits per heavy atom. The molecule has 134 valence electrons. The number of carbonyl (C=O) groups excluding carboxylic acids is 2. The Morgan fingerprint density at radius 2 is 2.04 bits per heavy atom. The second-order valence-electron chi connectivity index (χ2n) is 6.09. The van der Waals surface area contributed by atoms with Gasteiger partial charge in [0.1, 0.15) is 0 Å². The number of hydrogen-bond donors (Lipinski definition) is 2. The smallest absolute Gasteiger partial charge is 0.358 e. The van der Waals surface area contributed by atoms with Gasteiger partial charge in [0, 0.05) is 17.6 Å². The molecule has 0 radical (unpaired) electrons. The number of aryl methyl sites for hydroxylation is 1. The molecule has 1 heterocycles. The van der Waals surface area contributed by atoms with Crippen molar-refractivity contribution in [3.63, 3.8) is 0 Å². The van der Waals surface area contributed by atoms with Crippen LogP contribution in [0.15, 0.2) is 29.6 Å². The lowest BCUT2D eigenvalue weighted by atomic mass is 10.1. The molecule has 0 saturated heterocycles.